The Hall–Kier alpha value is -0.160. The highest BCUT2D eigenvalue weighted by molar-refractivity contribution is 8.09. The molecule has 0 radical (unpaired) electrons. The molecule has 0 aliphatic rings. The predicted octanol–water partition coefficient (Wildman–Crippen LogP) is 2.86. The van der Waals surface area contributed by atoms with Crippen LogP contribution in [0.3, 0.4) is 0 Å². The fourth-order valence-corrected chi connectivity index (χ4v) is 2.32. The second kappa shape index (κ2) is 5.96. The highest BCUT2D eigenvalue weighted by atomic mass is 32.5. The largest absolute Gasteiger partial charge is 0.426 e. The second-order valence-electron chi connectivity index (χ2n) is 3.11. The molecule has 1 heterocycles. The highest BCUT2D eigenvalue weighted by Crippen LogP contribution is 2.43. The van der Waals surface area contributed by atoms with Gasteiger partial charge in [-0.3, -0.25) is 0 Å². The molecule has 0 spiro atoms. The third-order valence-corrected chi connectivity index (χ3v) is 4.26. The van der Waals surface area contributed by atoms with E-state index in [9.17, 15) is 0 Å². The average molecular weight is 278 g/mol. The molecule has 0 saturated heterocycles. The van der Waals surface area contributed by atoms with E-state index >= 15 is 0 Å². The topological polar surface area (TPSA) is 44.2 Å². The zero-order chi connectivity index (χ0) is 12.2. The first-order valence-corrected chi connectivity index (χ1v) is 8.85. The molecule has 1 aromatic rings. The summed E-state index contributed by atoms with van der Waals surface area (Å²) in [5.41, 5.74) is 0.868. The number of aryl methyl sites for hydroxylation is 1. The Morgan fingerprint density at radius 2 is 2.19 bits per heavy atom. The minimum absolute atomic E-state index is 0.496. The molecule has 0 N–H and O–H groups in total. The Labute approximate surface area is 105 Å². The Balaban J connectivity index is 2.92. The second-order valence-corrected chi connectivity index (χ2v) is 8.42. The van der Waals surface area contributed by atoms with Crippen molar-refractivity contribution >= 4 is 30.1 Å². The average Bonchev–Trinajstić information content (AvgIpc) is 2.16. The first-order chi connectivity index (χ1) is 7.46. The summed E-state index contributed by atoms with van der Waals surface area (Å²) < 4.78 is 10.7. The van der Waals surface area contributed by atoms with Gasteiger partial charge in [-0.2, -0.15) is 4.98 Å². The van der Waals surface area contributed by atoms with Gasteiger partial charge in [-0.1, -0.05) is 18.7 Å². The van der Waals surface area contributed by atoms with E-state index in [0.717, 1.165) is 11.4 Å². The lowest BCUT2D eigenvalue weighted by Gasteiger charge is -2.15. The van der Waals surface area contributed by atoms with Crippen molar-refractivity contribution in [2.24, 2.45) is 0 Å². The smallest absolute Gasteiger partial charge is 0.236 e. The summed E-state index contributed by atoms with van der Waals surface area (Å²) >= 11 is 6.75. The summed E-state index contributed by atoms with van der Waals surface area (Å²) in [6.45, 7) is 3.50. The Morgan fingerprint density at radius 1 is 1.50 bits per heavy atom. The zero-order valence-electron chi connectivity index (χ0n) is 9.76. The summed E-state index contributed by atoms with van der Waals surface area (Å²) in [6, 6.07) is 1.77. The van der Waals surface area contributed by atoms with Crippen molar-refractivity contribution in [3.63, 3.8) is 0 Å². The van der Waals surface area contributed by atoms with Crippen LogP contribution < -0.4 is 4.52 Å². The Bertz CT molecular complexity index is 414. The fourth-order valence-electron chi connectivity index (χ4n) is 0.961. The number of nitrogens with zero attached hydrogens (tertiary/aromatic N) is 2. The van der Waals surface area contributed by atoms with Crippen LogP contribution in [0.2, 0.25) is 0 Å². The summed E-state index contributed by atoms with van der Waals surface area (Å²) in [7, 11) is 1.55. The van der Waals surface area contributed by atoms with Gasteiger partial charge in [0.1, 0.15) is 0 Å². The zero-order valence-corrected chi connectivity index (χ0v) is 12.3. The molecule has 1 aromatic heterocycles. The molecule has 16 heavy (non-hydrogen) atoms. The first kappa shape index (κ1) is 13.9. The molecular formula is C9H15N2O2PS2. The maximum Gasteiger partial charge on any atom is 0.236 e. The van der Waals surface area contributed by atoms with Crippen LogP contribution in [0.15, 0.2) is 11.2 Å². The van der Waals surface area contributed by atoms with Crippen LogP contribution in [0.25, 0.3) is 0 Å². The lowest BCUT2D eigenvalue weighted by molar-refractivity contribution is 0.391. The van der Waals surface area contributed by atoms with Crippen molar-refractivity contribution in [1.29, 1.82) is 0 Å². The summed E-state index contributed by atoms with van der Waals surface area (Å²) in [5.74, 6) is 1.42. The van der Waals surface area contributed by atoms with Crippen LogP contribution in [-0.2, 0) is 16.3 Å². The monoisotopic (exact) mass is 278 g/mol. The first-order valence-electron chi connectivity index (χ1n) is 4.78. The minimum Gasteiger partial charge on any atom is -0.426 e. The standard InChI is InChI=1S/C9H15N2O2PS2/c1-5-16-9-10-7(2)6-8(11-9)13-14(4,15)12-3/h6H,5H2,1-4H3. The Kier molecular flexibility index (Phi) is 5.18. The third kappa shape index (κ3) is 4.37. The molecule has 0 bridgehead atoms. The van der Waals surface area contributed by atoms with Crippen LogP contribution in [0.5, 0.6) is 5.88 Å². The van der Waals surface area contributed by atoms with Gasteiger partial charge in [0.25, 0.3) is 0 Å². The van der Waals surface area contributed by atoms with E-state index in [1.54, 1.807) is 31.6 Å². The van der Waals surface area contributed by atoms with Gasteiger partial charge in [-0.15, -0.1) is 0 Å². The molecule has 0 saturated carbocycles. The van der Waals surface area contributed by atoms with Crippen LogP contribution >= 0.6 is 18.3 Å². The summed E-state index contributed by atoms with van der Waals surface area (Å²) in [5, 5.41) is 0.712. The number of aromatic nitrogens is 2. The number of rotatable bonds is 5. The lowest BCUT2D eigenvalue weighted by Crippen LogP contribution is -1.98. The van der Waals surface area contributed by atoms with E-state index in [0.29, 0.717) is 11.0 Å². The van der Waals surface area contributed by atoms with E-state index in [2.05, 4.69) is 16.9 Å². The van der Waals surface area contributed by atoms with Crippen molar-refractivity contribution in [1.82, 2.24) is 9.97 Å². The molecule has 7 heteroatoms. The molecule has 0 fully saturated rings. The van der Waals surface area contributed by atoms with Crippen LogP contribution in [0.1, 0.15) is 12.6 Å². The summed E-state index contributed by atoms with van der Waals surface area (Å²) in [6.07, 6.45) is 0. The third-order valence-electron chi connectivity index (χ3n) is 1.67. The van der Waals surface area contributed by atoms with Gasteiger partial charge in [-0.05, 0) is 24.5 Å². The molecule has 1 atom stereocenters. The molecule has 90 valence electrons. The predicted molar refractivity (Wildman–Crippen MR) is 71.0 cm³/mol. The molecule has 0 aliphatic carbocycles. The molecule has 0 aliphatic heterocycles. The minimum atomic E-state index is -2.22. The molecule has 0 aromatic carbocycles. The number of thioether (sulfide) groups is 1. The van der Waals surface area contributed by atoms with Crippen LogP contribution in [0.4, 0.5) is 0 Å². The van der Waals surface area contributed by atoms with Gasteiger partial charge < -0.3 is 9.05 Å². The van der Waals surface area contributed by atoms with Crippen molar-refractivity contribution < 1.29 is 9.05 Å². The lowest BCUT2D eigenvalue weighted by atomic mass is 10.4. The highest BCUT2D eigenvalue weighted by Gasteiger charge is 2.13. The van der Waals surface area contributed by atoms with E-state index in [1.807, 2.05) is 6.92 Å². The van der Waals surface area contributed by atoms with E-state index in [-0.39, 0.29) is 0 Å². The van der Waals surface area contributed by atoms with Crippen molar-refractivity contribution in [3.05, 3.63) is 11.8 Å². The molecule has 1 rings (SSSR count). The van der Waals surface area contributed by atoms with Crippen LogP contribution in [0, 0.1) is 6.92 Å². The van der Waals surface area contributed by atoms with Gasteiger partial charge in [0, 0.05) is 25.5 Å². The van der Waals surface area contributed by atoms with E-state index in [4.69, 9.17) is 20.9 Å². The van der Waals surface area contributed by atoms with Crippen molar-refractivity contribution in [3.8, 4) is 5.88 Å². The molecule has 4 nitrogen and oxygen atoms in total. The van der Waals surface area contributed by atoms with E-state index < -0.39 is 6.49 Å². The maximum absolute atomic E-state index is 5.56. The van der Waals surface area contributed by atoms with Gasteiger partial charge in [0.15, 0.2) is 5.16 Å². The van der Waals surface area contributed by atoms with Gasteiger partial charge in [0.2, 0.25) is 12.4 Å². The maximum atomic E-state index is 5.56. The number of hydrogen-bond donors (Lipinski definition) is 0. The molecular weight excluding hydrogens is 263 g/mol. The van der Waals surface area contributed by atoms with Gasteiger partial charge >= 0.3 is 0 Å². The Morgan fingerprint density at radius 3 is 2.75 bits per heavy atom. The SMILES string of the molecule is CCSc1nc(C)cc(OP(C)(=S)OC)n1. The number of hydrogen-bond acceptors (Lipinski definition) is 6. The fraction of sp³-hybridized carbons (Fsp3) is 0.556. The van der Waals surface area contributed by atoms with Gasteiger partial charge in [-0.25, -0.2) is 4.98 Å². The molecule has 1 unspecified atom stereocenters. The molecule has 0 amide bonds. The summed E-state index contributed by atoms with van der Waals surface area (Å²) in [4.78, 5) is 8.56. The van der Waals surface area contributed by atoms with Gasteiger partial charge in [0.05, 0.1) is 0 Å². The van der Waals surface area contributed by atoms with Crippen LogP contribution in [-0.4, -0.2) is 29.5 Å². The normalized spacial score (nSPS) is 14.5. The van der Waals surface area contributed by atoms with Crippen molar-refractivity contribution in [2.45, 2.75) is 19.0 Å². The van der Waals surface area contributed by atoms with E-state index in [1.165, 1.54) is 0 Å². The quantitative estimate of drug-likeness (QED) is 0.469. The van der Waals surface area contributed by atoms with Crippen molar-refractivity contribution in [2.75, 3.05) is 19.5 Å².